The van der Waals surface area contributed by atoms with E-state index < -0.39 is 0 Å². The Labute approximate surface area is 240 Å². The molecule has 2 N–H and O–H groups in total. The molecule has 8 nitrogen and oxygen atoms in total. The number of rotatable bonds is 10. The fourth-order valence-corrected chi connectivity index (χ4v) is 5.76. The number of benzene rings is 1. The van der Waals surface area contributed by atoms with E-state index in [0.29, 0.717) is 12.2 Å². The summed E-state index contributed by atoms with van der Waals surface area (Å²) >= 11 is 0. The molecule has 1 aliphatic rings. The number of aryl methyl sites for hydroxylation is 1. The van der Waals surface area contributed by atoms with Gasteiger partial charge in [-0.2, -0.15) is 0 Å². The lowest BCUT2D eigenvalue weighted by atomic mass is 10.1. The molecule has 1 fully saturated rings. The van der Waals surface area contributed by atoms with E-state index in [4.69, 9.17) is 4.98 Å². The second-order valence-corrected chi connectivity index (χ2v) is 10.9. The Balaban J connectivity index is 1.19. The fraction of sp³-hybridized carbons (Fsp3) is 0.333. The molecule has 0 atom stereocenters. The summed E-state index contributed by atoms with van der Waals surface area (Å²) in [5, 5.41) is 8.76. The maximum Gasteiger partial charge on any atom is 0.267 e. The van der Waals surface area contributed by atoms with E-state index in [1.807, 2.05) is 42.1 Å². The number of piperidine rings is 1. The van der Waals surface area contributed by atoms with E-state index in [0.717, 1.165) is 70.2 Å². The number of carbonyl (C=O) groups is 1. The first-order valence-corrected chi connectivity index (χ1v) is 14.6. The standard InChI is InChI=1S/C33H37N7O/c1-39-31-7-6-25(20-26(31)21-32(39)33(41)37-16-10-24-8-13-34-14-9-24)29-22-30(27-23-35-15-11-28(27)38-29)36-12-5-19-40-17-3-2-4-18-40/h6-9,11,13-15,20-23H,2-5,10,12,16-19H2,1H3,(H,36,38)(H,37,41). The van der Waals surface area contributed by atoms with Crippen LogP contribution in [0.1, 0.15) is 41.7 Å². The van der Waals surface area contributed by atoms with E-state index >= 15 is 0 Å². The predicted octanol–water partition coefficient (Wildman–Crippen LogP) is 5.44. The Kier molecular flexibility index (Phi) is 8.18. The topological polar surface area (TPSA) is 88.0 Å². The van der Waals surface area contributed by atoms with Crippen LogP contribution in [0.3, 0.4) is 0 Å². The van der Waals surface area contributed by atoms with E-state index in [1.54, 1.807) is 18.6 Å². The molecule has 41 heavy (non-hydrogen) atoms. The molecule has 0 bridgehead atoms. The van der Waals surface area contributed by atoms with E-state index in [2.05, 4.69) is 49.8 Å². The lowest BCUT2D eigenvalue weighted by molar-refractivity contribution is 0.0946. The van der Waals surface area contributed by atoms with Gasteiger partial charge in [-0.25, -0.2) is 4.98 Å². The summed E-state index contributed by atoms with van der Waals surface area (Å²) in [4.78, 5) is 29.0. The summed E-state index contributed by atoms with van der Waals surface area (Å²) in [6, 6.07) is 16.3. The average Bonchev–Trinajstić information content (AvgIpc) is 3.35. The van der Waals surface area contributed by atoms with Crippen LogP contribution in [0.4, 0.5) is 5.69 Å². The van der Waals surface area contributed by atoms with Gasteiger partial charge in [0.1, 0.15) is 5.69 Å². The first-order chi connectivity index (χ1) is 20.2. The van der Waals surface area contributed by atoms with Gasteiger partial charge in [-0.15, -0.1) is 0 Å². The van der Waals surface area contributed by atoms with Crippen molar-refractivity contribution in [1.82, 2.24) is 29.7 Å². The molecular formula is C33H37N7O. The molecule has 1 saturated heterocycles. The number of nitrogens with one attached hydrogen (secondary N) is 2. The third kappa shape index (κ3) is 6.23. The predicted molar refractivity (Wildman–Crippen MR) is 165 cm³/mol. The molecular weight excluding hydrogens is 510 g/mol. The quantitative estimate of drug-likeness (QED) is 0.226. The molecule has 8 heteroatoms. The van der Waals surface area contributed by atoms with Gasteiger partial charge in [0, 0.05) is 72.5 Å². The Hall–Kier alpha value is -4.30. The summed E-state index contributed by atoms with van der Waals surface area (Å²) in [6.45, 7) is 5.05. The molecule has 0 aliphatic carbocycles. The van der Waals surface area contributed by atoms with Gasteiger partial charge < -0.3 is 20.1 Å². The zero-order valence-electron chi connectivity index (χ0n) is 23.6. The van der Waals surface area contributed by atoms with Crippen LogP contribution < -0.4 is 10.6 Å². The summed E-state index contributed by atoms with van der Waals surface area (Å²) < 4.78 is 1.95. The van der Waals surface area contributed by atoms with Gasteiger partial charge in [0.2, 0.25) is 0 Å². The van der Waals surface area contributed by atoms with Crippen molar-refractivity contribution >= 4 is 33.4 Å². The number of hydrogen-bond donors (Lipinski definition) is 2. The molecule has 0 unspecified atom stereocenters. The number of fused-ring (bicyclic) bond motifs is 2. The molecule has 0 spiro atoms. The Bertz CT molecular complexity index is 1640. The maximum atomic E-state index is 13.0. The Morgan fingerprint density at radius 3 is 2.61 bits per heavy atom. The van der Waals surface area contributed by atoms with Crippen molar-refractivity contribution in [1.29, 1.82) is 0 Å². The van der Waals surface area contributed by atoms with Gasteiger partial charge in [-0.3, -0.25) is 14.8 Å². The smallest absolute Gasteiger partial charge is 0.267 e. The molecule has 210 valence electrons. The molecule has 1 aliphatic heterocycles. The number of aromatic nitrogens is 4. The second kappa shape index (κ2) is 12.5. The monoisotopic (exact) mass is 547 g/mol. The number of hydrogen-bond acceptors (Lipinski definition) is 6. The average molecular weight is 548 g/mol. The lowest BCUT2D eigenvalue weighted by Crippen LogP contribution is -2.31. The normalized spacial score (nSPS) is 14.0. The van der Waals surface area contributed by atoms with Crippen LogP contribution in [0.15, 0.2) is 73.3 Å². The number of anilines is 1. The molecule has 5 heterocycles. The highest BCUT2D eigenvalue weighted by Gasteiger charge is 2.15. The van der Waals surface area contributed by atoms with Crippen LogP contribution in [0.2, 0.25) is 0 Å². The number of nitrogens with zero attached hydrogens (tertiary/aromatic N) is 5. The molecule has 0 saturated carbocycles. The summed E-state index contributed by atoms with van der Waals surface area (Å²) in [5.74, 6) is -0.0772. The van der Waals surface area contributed by atoms with Gasteiger partial charge in [-0.1, -0.05) is 12.5 Å². The minimum absolute atomic E-state index is 0.0772. The maximum absolute atomic E-state index is 13.0. The number of pyridine rings is 3. The highest BCUT2D eigenvalue weighted by molar-refractivity contribution is 6.00. The molecule has 4 aromatic heterocycles. The van der Waals surface area contributed by atoms with Crippen LogP contribution in [-0.4, -0.2) is 63.0 Å². The largest absolute Gasteiger partial charge is 0.384 e. The van der Waals surface area contributed by atoms with Crippen molar-refractivity contribution in [3.63, 3.8) is 0 Å². The summed E-state index contributed by atoms with van der Waals surface area (Å²) in [7, 11) is 1.94. The third-order valence-corrected chi connectivity index (χ3v) is 8.04. The minimum atomic E-state index is -0.0772. The van der Waals surface area contributed by atoms with Crippen molar-refractivity contribution in [2.75, 3.05) is 38.0 Å². The lowest BCUT2D eigenvalue weighted by Gasteiger charge is -2.26. The van der Waals surface area contributed by atoms with Gasteiger partial charge >= 0.3 is 0 Å². The van der Waals surface area contributed by atoms with Crippen molar-refractivity contribution in [3.8, 4) is 11.3 Å². The van der Waals surface area contributed by atoms with Crippen LogP contribution in [0.5, 0.6) is 0 Å². The SMILES string of the molecule is Cn1c(C(=O)NCCc2ccncc2)cc2cc(-c3cc(NCCCN4CCCCC4)c4cnccc4n3)ccc21. The van der Waals surface area contributed by atoms with E-state index in [1.165, 1.54) is 32.4 Å². The van der Waals surface area contributed by atoms with E-state index in [-0.39, 0.29) is 5.91 Å². The molecule has 5 aromatic rings. The molecule has 6 rings (SSSR count). The summed E-state index contributed by atoms with van der Waals surface area (Å²) in [5.41, 5.74) is 6.68. The van der Waals surface area contributed by atoms with Gasteiger partial charge in [0.15, 0.2) is 0 Å². The first-order valence-electron chi connectivity index (χ1n) is 14.6. The zero-order chi connectivity index (χ0) is 28.0. The highest BCUT2D eigenvalue weighted by Crippen LogP contribution is 2.30. The number of carbonyl (C=O) groups excluding carboxylic acids is 1. The van der Waals surface area contributed by atoms with Crippen LogP contribution in [0.25, 0.3) is 33.1 Å². The number of amides is 1. The van der Waals surface area contributed by atoms with Crippen molar-refractivity contribution in [3.05, 3.63) is 84.6 Å². The third-order valence-electron chi connectivity index (χ3n) is 8.04. The van der Waals surface area contributed by atoms with Gasteiger partial charge in [0.05, 0.1) is 11.2 Å². The molecule has 1 amide bonds. The molecule has 0 radical (unpaired) electrons. The van der Waals surface area contributed by atoms with E-state index in [9.17, 15) is 4.79 Å². The molecule has 1 aromatic carbocycles. The van der Waals surface area contributed by atoms with Crippen LogP contribution >= 0.6 is 0 Å². The van der Waals surface area contributed by atoms with Gasteiger partial charge in [-0.05, 0) is 93.3 Å². The van der Waals surface area contributed by atoms with Crippen LogP contribution in [-0.2, 0) is 13.5 Å². The minimum Gasteiger partial charge on any atom is -0.384 e. The zero-order valence-corrected chi connectivity index (χ0v) is 23.6. The van der Waals surface area contributed by atoms with Crippen LogP contribution in [0, 0.1) is 0 Å². The summed E-state index contributed by atoms with van der Waals surface area (Å²) in [6.07, 6.45) is 13.1. The first kappa shape index (κ1) is 26.9. The van der Waals surface area contributed by atoms with Crippen molar-refractivity contribution in [2.45, 2.75) is 32.1 Å². The highest BCUT2D eigenvalue weighted by atomic mass is 16.1. The van der Waals surface area contributed by atoms with Crippen molar-refractivity contribution in [2.24, 2.45) is 7.05 Å². The number of likely N-dealkylation sites (tertiary alicyclic amines) is 1. The second-order valence-electron chi connectivity index (χ2n) is 10.9. The van der Waals surface area contributed by atoms with Gasteiger partial charge in [0.25, 0.3) is 5.91 Å². The van der Waals surface area contributed by atoms with Crippen molar-refractivity contribution < 1.29 is 4.79 Å². The fourth-order valence-electron chi connectivity index (χ4n) is 5.76. The Morgan fingerprint density at radius 1 is 0.927 bits per heavy atom. The Morgan fingerprint density at radius 2 is 1.76 bits per heavy atom.